The van der Waals surface area contributed by atoms with Crippen molar-refractivity contribution in [2.24, 2.45) is 0 Å². The lowest BCUT2D eigenvalue weighted by Gasteiger charge is -2.08. The minimum absolute atomic E-state index is 0.226. The van der Waals surface area contributed by atoms with Crippen molar-refractivity contribution in [3.63, 3.8) is 0 Å². The van der Waals surface area contributed by atoms with Crippen molar-refractivity contribution in [3.05, 3.63) is 59.4 Å². The van der Waals surface area contributed by atoms with Gasteiger partial charge < -0.3 is 0 Å². The average Bonchev–Trinajstić information content (AvgIpc) is 2.89. The number of carbonyl (C=O) groups is 1. The highest BCUT2D eigenvalue weighted by atomic mass is 32.1. The molecule has 1 aromatic heterocycles. The number of halogens is 1. The van der Waals surface area contributed by atoms with Gasteiger partial charge in [-0.1, -0.05) is 19.9 Å². The summed E-state index contributed by atoms with van der Waals surface area (Å²) in [7, 11) is 0. The van der Waals surface area contributed by atoms with Gasteiger partial charge in [0.25, 0.3) is 0 Å². The summed E-state index contributed by atoms with van der Waals surface area (Å²) in [5, 5.41) is 0.901. The molecule has 0 aliphatic carbocycles. The number of aldehydes is 1. The Labute approximate surface area is 127 Å². The lowest BCUT2D eigenvalue weighted by atomic mass is 9.97. The number of thiophene rings is 1. The molecule has 106 valence electrons. The summed E-state index contributed by atoms with van der Waals surface area (Å²) >= 11 is 1.62. The predicted octanol–water partition coefficient (Wildman–Crippen LogP) is 5.64. The smallest absolute Gasteiger partial charge is 0.150 e. The highest BCUT2D eigenvalue weighted by molar-refractivity contribution is 7.22. The van der Waals surface area contributed by atoms with Gasteiger partial charge in [0, 0.05) is 15.1 Å². The van der Waals surface area contributed by atoms with Crippen LogP contribution < -0.4 is 0 Å². The zero-order chi connectivity index (χ0) is 15.0. The number of carbonyl (C=O) groups excluding carboxylic acids is 1. The highest BCUT2D eigenvalue weighted by Gasteiger charge is 2.09. The van der Waals surface area contributed by atoms with Gasteiger partial charge in [0.1, 0.15) is 12.1 Å². The third-order valence-electron chi connectivity index (χ3n) is 3.54. The van der Waals surface area contributed by atoms with E-state index in [0.717, 1.165) is 32.4 Å². The molecule has 1 nitrogen and oxygen atoms in total. The molecule has 21 heavy (non-hydrogen) atoms. The van der Waals surface area contributed by atoms with E-state index < -0.39 is 0 Å². The average molecular weight is 298 g/mol. The molecule has 0 saturated heterocycles. The van der Waals surface area contributed by atoms with E-state index >= 15 is 0 Å². The van der Waals surface area contributed by atoms with Crippen LogP contribution in [-0.4, -0.2) is 6.29 Å². The summed E-state index contributed by atoms with van der Waals surface area (Å²) in [6, 6.07) is 12.7. The third kappa shape index (κ3) is 2.74. The maximum Gasteiger partial charge on any atom is 0.150 e. The van der Waals surface area contributed by atoms with Crippen molar-refractivity contribution in [3.8, 4) is 10.4 Å². The molecule has 3 aromatic rings. The van der Waals surface area contributed by atoms with E-state index in [9.17, 15) is 9.18 Å². The predicted molar refractivity (Wildman–Crippen MR) is 86.7 cm³/mol. The van der Waals surface area contributed by atoms with Crippen LogP contribution in [0.1, 0.15) is 35.7 Å². The van der Waals surface area contributed by atoms with Crippen LogP contribution in [0.4, 0.5) is 4.39 Å². The van der Waals surface area contributed by atoms with Crippen molar-refractivity contribution in [1.29, 1.82) is 0 Å². The minimum Gasteiger partial charge on any atom is -0.298 e. The largest absolute Gasteiger partial charge is 0.298 e. The molecule has 1 heterocycles. The second-order valence-corrected chi connectivity index (χ2v) is 6.54. The second kappa shape index (κ2) is 5.41. The maximum atomic E-state index is 13.3. The van der Waals surface area contributed by atoms with Crippen LogP contribution in [0, 0.1) is 5.82 Å². The van der Waals surface area contributed by atoms with Crippen molar-refractivity contribution < 1.29 is 9.18 Å². The van der Waals surface area contributed by atoms with Gasteiger partial charge in [-0.2, -0.15) is 0 Å². The van der Waals surface area contributed by atoms with Gasteiger partial charge in [-0.05, 0) is 58.8 Å². The zero-order valence-corrected chi connectivity index (χ0v) is 12.7. The summed E-state index contributed by atoms with van der Waals surface area (Å²) in [4.78, 5) is 12.2. The van der Waals surface area contributed by atoms with Gasteiger partial charge in [0.15, 0.2) is 0 Å². The molecule has 2 aromatic carbocycles. The number of fused-ring (bicyclic) bond motifs is 1. The maximum absolute atomic E-state index is 13.3. The molecular formula is C18H15FOS. The molecular weight excluding hydrogens is 283 g/mol. The number of rotatable bonds is 3. The Morgan fingerprint density at radius 2 is 1.90 bits per heavy atom. The Kier molecular flexibility index (Phi) is 3.60. The van der Waals surface area contributed by atoms with Crippen molar-refractivity contribution in [2.45, 2.75) is 19.8 Å². The Hall–Kier alpha value is -2.00. The van der Waals surface area contributed by atoms with E-state index in [4.69, 9.17) is 0 Å². The van der Waals surface area contributed by atoms with E-state index in [0.29, 0.717) is 11.5 Å². The Balaban J connectivity index is 2.16. The highest BCUT2D eigenvalue weighted by Crippen LogP contribution is 2.35. The summed E-state index contributed by atoms with van der Waals surface area (Å²) < 4.78 is 14.3. The first-order chi connectivity index (χ1) is 10.1. The van der Waals surface area contributed by atoms with E-state index in [2.05, 4.69) is 19.9 Å². The van der Waals surface area contributed by atoms with Crippen LogP contribution in [0.25, 0.3) is 20.5 Å². The Morgan fingerprint density at radius 3 is 2.62 bits per heavy atom. The van der Waals surface area contributed by atoms with Crippen LogP contribution in [0.5, 0.6) is 0 Å². The van der Waals surface area contributed by atoms with Gasteiger partial charge in [0.2, 0.25) is 0 Å². The zero-order valence-electron chi connectivity index (χ0n) is 11.9. The van der Waals surface area contributed by atoms with E-state index in [1.807, 2.05) is 18.2 Å². The SMILES string of the molecule is CC(C)c1cc(C=O)cc(-c2cc3cc(F)ccc3s2)c1. The topological polar surface area (TPSA) is 17.1 Å². The van der Waals surface area contributed by atoms with Gasteiger partial charge in [-0.15, -0.1) is 11.3 Å². The summed E-state index contributed by atoms with van der Waals surface area (Å²) in [5.74, 6) is 0.131. The molecule has 3 heteroatoms. The molecule has 0 aliphatic heterocycles. The van der Waals surface area contributed by atoms with Crippen LogP contribution in [0.15, 0.2) is 42.5 Å². The first-order valence-electron chi connectivity index (χ1n) is 6.86. The fraction of sp³-hybridized carbons (Fsp3) is 0.167. The number of hydrogen-bond acceptors (Lipinski definition) is 2. The molecule has 0 amide bonds. The third-order valence-corrected chi connectivity index (χ3v) is 4.71. The van der Waals surface area contributed by atoms with Crippen LogP contribution in [-0.2, 0) is 0 Å². The molecule has 0 spiro atoms. The van der Waals surface area contributed by atoms with Crippen LogP contribution in [0.3, 0.4) is 0 Å². The normalized spacial score (nSPS) is 11.2. The molecule has 0 radical (unpaired) electrons. The molecule has 3 rings (SSSR count). The quantitative estimate of drug-likeness (QED) is 0.572. The second-order valence-electron chi connectivity index (χ2n) is 5.45. The molecule has 0 unspecified atom stereocenters. The Bertz CT molecular complexity index is 817. The monoisotopic (exact) mass is 298 g/mol. The molecule has 0 bridgehead atoms. The number of benzene rings is 2. The Morgan fingerprint density at radius 1 is 1.10 bits per heavy atom. The van der Waals surface area contributed by atoms with Crippen molar-refractivity contribution in [2.75, 3.05) is 0 Å². The van der Waals surface area contributed by atoms with Crippen LogP contribution in [0.2, 0.25) is 0 Å². The molecule has 0 N–H and O–H groups in total. The molecule has 0 atom stereocenters. The lowest BCUT2D eigenvalue weighted by Crippen LogP contribution is -1.91. The minimum atomic E-state index is -0.226. The van der Waals surface area contributed by atoms with Gasteiger partial charge in [-0.25, -0.2) is 4.39 Å². The molecule has 0 saturated carbocycles. The first-order valence-corrected chi connectivity index (χ1v) is 7.68. The lowest BCUT2D eigenvalue weighted by molar-refractivity contribution is 0.112. The first kappa shape index (κ1) is 14.0. The summed E-state index contributed by atoms with van der Waals surface area (Å²) in [5.41, 5.74) is 2.84. The van der Waals surface area contributed by atoms with Crippen molar-refractivity contribution >= 4 is 27.7 Å². The number of hydrogen-bond donors (Lipinski definition) is 0. The van der Waals surface area contributed by atoms with Gasteiger partial charge in [-0.3, -0.25) is 4.79 Å². The van der Waals surface area contributed by atoms with Crippen molar-refractivity contribution in [1.82, 2.24) is 0 Å². The standard InChI is InChI=1S/C18H15FOS/c1-11(2)13-5-12(10-20)6-14(7-13)18-9-15-8-16(19)3-4-17(15)21-18/h3-11H,1-2H3. The molecule has 0 aliphatic rings. The van der Waals surface area contributed by atoms with E-state index in [1.165, 1.54) is 6.07 Å². The van der Waals surface area contributed by atoms with Crippen LogP contribution >= 0.6 is 11.3 Å². The fourth-order valence-corrected chi connectivity index (χ4v) is 3.41. The van der Waals surface area contributed by atoms with E-state index in [1.54, 1.807) is 23.5 Å². The summed E-state index contributed by atoms with van der Waals surface area (Å²) in [6.07, 6.45) is 0.877. The summed E-state index contributed by atoms with van der Waals surface area (Å²) in [6.45, 7) is 4.21. The van der Waals surface area contributed by atoms with Gasteiger partial charge in [0.05, 0.1) is 0 Å². The van der Waals surface area contributed by atoms with E-state index in [-0.39, 0.29) is 5.82 Å². The van der Waals surface area contributed by atoms with Gasteiger partial charge >= 0.3 is 0 Å². The molecule has 0 fully saturated rings. The fourth-order valence-electron chi connectivity index (χ4n) is 2.38.